The topological polar surface area (TPSA) is 66.2 Å². The number of hydrogen-bond donors (Lipinski definition) is 0. The molecule has 1 atom stereocenters. The van der Waals surface area contributed by atoms with Crippen LogP contribution in [0.15, 0.2) is 36.5 Å². The van der Waals surface area contributed by atoms with E-state index in [9.17, 15) is 4.21 Å². The highest BCUT2D eigenvalue weighted by Crippen LogP contribution is 2.36. The molecule has 1 unspecified atom stereocenters. The molecule has 0 spiro atoms. The fourth-order valence-corrected chi connectivity index (χ4v) is 3.16. The van der Waals surface area contributed by atoms with E-state index in [-0.39, 0.29) is 0 Å². The van der Waals surface area contributed by atoms with Gasteiger partial charge in [0.05, 0.1) is 25.3 Å². The molecule has 3 aromatic rings. The average Bonchev–Trinajstić information content (AvgIpc) is 2.93. The zero-order valence-corrected chi connectivity index (χ0v) is 13.3. The van der Waals surface area contributed by atoms with Gasteiger partial charge in [-0.05, 0) is 12.1 Å². The summed E-state index contributed by atoms with van der Waals surface area (Å²) in [5.41, 5.74) is 2.03. The summed E-state index contributed by atoms with van der Waals surface area (Å²) in [5, 5.41) is 0. The van der Waals surface area contributed by atoms with E-state index in [1.807, 2.05) is 24.3 Å². The number of imidazole rings is 1. The van der Waals surface area contributed by atoms with E-state index in [2.05, 4.69) is 9.97 Å². The number of aromatic nitrogens is 3. The molecule has 0 aliphatic heterocycles. The van der Waals surface area contributed by atoms with Gasteiger partial charge in [0, 0.05) is 18.5 Å². The van der Waals surface area contributed by atoms with Crippen LogP contribution in [0.1, 0.15) is 0 Å². The highest BCUT2D eigenvalue weighted by atomic mass is 32.2. The first-order chi connectivity index (χ1) is 10.7. The van der Waals surface area contributed by atoms with Gasteiger partial charge >= 0.3 is 0 Å². The van der Waals surface area contributed by atoms with Crippen LogP contribution in [0.3, 0.4) is 0 Å². The van der Waals surface area contributed by atoms with E-state index in [1.165, 1.54) is 0 Å². The minimum atomic E-state index is -1.29. The van der Waals surface area contributed by atoms with Crippen molar-refractivity contribution in [2.45, 2.75) is 0 Å². The van der Waals surface area contributed by atoms with Crippen LogP contribution in [0.2, 0.25) is 0 Å². The van der Waals surface area contributed by atoms with E-state index >= 15 is 0 Å². The fraction of sp³-hybridized carbons (Fsp3) is 0.200. The Balaban J connectivity index is 2.36. The van der Waals surface area contributed by atoms with E-state index < -0.39 is 11.0 Å². The van der Waals surface area contributed by atoms with Crippen molar-refractivity contribution in [1.29, 1.82) is 0 Å². The van der Waals surface area contributed by atoms with Gasteiger partial charge in [-0.25, -0.2) is 18.1 Å². The van der Waals surface area contributed by atoms with Gasteiger partial charge in [-0.2, -0.15) is 0 Å². The number of benzene rings is 1. The van der Waals surface area contributed by atoms with Crippen molar-refractivity contribution < 1.29 is 13.7 Å². The van der Waals surface area contributed by atoms with Gasteiger partial charge < -0.3 is 9.47 Å². The molecule has 0 aliphatic carbocycles. The van der Waals surface area contributed by atoms with Crippen LogP contribution >= 0.6 is 0 Å². The predicted molar refractivity (Wildman–Crippen MR) is 85.5 cm³/mol. The minimum absolute atomic E-state index is 0.465. The molecule has 0 N–H and O–H groups in total. The van der Waals surface area contributed by atoms with E-state index in [0.717, 1.165) is 11.0 Å². The molecule has 0 aliphatic rings. The minimum Gasteiger partial charge on any atom is -0.493 e. The molecule has 6 nitrogen and oxygen atoms in total. The van der Waals surface area contributed by atoms with Crippen molar-refractivity contribution in [2.75, 3.05) is 20.5 Å². The zero-order valence-electron chi connectivity index (χ0n) is 12.4. The van der Waals surface area contributed by atoms with Crippen molar-refractivity contribution in [3.63, 3.8) is 0 Å². The summed E-state index contributed by atoms with van der Waals surface area (Å²) in [7, 11) is 1.81. The molecule has 7 heteroatoms. The third-order valence-corrected chi connectivity index (χ3v) is 4.16. The number of fused-ring (bicyclic) bond motifs is 1. The van der Waals surface area contributed by atoms with Gasteiger partial charge in [0.2, 0.25) is 0 Å². The summed E-state index contributed by atoms with van der Waals surface area (Å²) in [5.74, 6) is 1.50. The number of methoxy groups -OCH3 is 2. The van der Waals surface area contributed by atoms with Gasteiger partial charge in [0.25, 0.3) is 0 Å². The zero-order chi connectivity index (χ0) is 15.7. The molecule has 22 heavy (non-hydrogen) atoms. The first-order valence-corrected chi connectivity index (χ1v) is 8.07. The lowest BCUT2D eigenvalue weighted by Crippen LogP contribution is -2.06. The second-order valence-corrected chi connectivity index (χ2v) is 5.75. The molecule has 0 saturated carbocycles. The van der Waals surface area contributed by atoms with Crippen LogP contribution in [-0.2, 0) is 11.0 Å². The summed E-state index contributed by atoms with van der Waals surface area (Å²) < 4.78 is 24.5. The Hall–Kier alpha value is -2.41. The number of rotatable bonds is 4. The van der Waals surface area contributed by atoms with Crippen LogP contribution in [0, 0.1) is 0 Å². The molecule has 0 fully saturated rings. The summed E-state index contributed by atoms with van der Waals surface area (Å²) in [4.78, 5) is 8.90. The standard InChI is InChI=1S/C15H15N3O3S/c1-20-12-8-9-16-13(14(12)21-2)15-17-10-6-4-5-7-11(10)18(15)22(3)19/h4-9H,1-3H3. The lowest BCUT2D eigenvalue weighted by molar-refractivity contribution is 0.354. The van der Waals surface area contributed by atoms with Crippen LogP contribution in [-0.4, -0.2) is 38.6 Å². The average molecular weight is 317 g/mol. The van der Waals surface area contributed by atoms with Gasteiger partial charge in [-0.1, -0.05) is 12.1 Å². The predicted octanol–water partition coefficient (Wildman–Crippen LogP) is 2.26. The molecular weight excluding hydrogens is 302 g/mol. The molecular formula is C15H15N3O3S. The molecule has 0 saturated heterocycles. The van der Waals surface area contributed by atoms with Crippen LogP contribution in [0.4, 0.5) is 0 Å². The first-order valence-electron chi connectivity index (χ1n) is 6.56. The van der Waals surface area contributed by atoms with Gasteiger partial charge in [0.15, 0.2) is 23.0 Å². The third kappa shape index (κ3) is 2.23. The Kier molecular flexibility index (Phi) is 3.81. The molecule has 114 valence electrons. The Labute approximate surface area is 130 Å². The second kappa shape index (κ2) is 5.76. The van der Waals surface area contributed by atoms with Gasteiger partial charge in [-0.3, -0.25) is 0 Å². The third-order valence-electron chi connectivity index (χ3n) is 3.28. The highest BCUT2D eigenvalue weighted by molar-refractivity contribution is 7.83. The summed E-state index contributed by atoms with van der Waals surface area (Å²) >= 11 is 0. The maximum Gasteiger partial charge on any atom is 0.190 e. The lowest BCUT2D eigenvalue weighted by Gasteiger charge is -2.11. The summed E-state index contributed by atoms with van der Waals surface area (Å²) in [6.07, 6.45) is 3.21. The van der Waals surface area contributed by atoms with Gasteiger partial charge in [0.1, 0.15) is 11.0 Å². The molecule has 2 aromatic heterocycles. The van der Waals surface area contributed by atoms with Crippen molar-refractivity contribution >= 4 is 22.0 Å². The number of ether oxygens (including phenoxy) is 2. The van der Waals surface area contributed by atoms with Crippen molar-refractivity contribution in [2.24, 2.45) is 0 Å². The fourth-order valence-electron chi connectivity index (χ4n) is 2.36. The van der Waals surface area contributed by atoms with Crippen LogP contribution in [0.5, 0.6) is 11.5 Å². The molecule has 0 amide bonds. The molecule has 3 rings (SSSR count). The quantitative estimate of drug-likeness (QED) is 0.738. The largest absolute Gasteiger partial charge is 0.493 e. The highest BCUT2D eigenvalue weighted by Gasteiger charge is 2.21. The molecule has 1 aromatic carbocycles. The van der Waals surface area contributed by atoms with Crippen molar-refractivity contribution in [3.8, 4) is 23.0 Å². The molecule has 0 bridgehead atoms. The number of para-hydroxylation sites is 2. The molecule has 0 radical (unpaired) electrons. The number of pyridine rings is 1. The van der Waals surface area contributed by atoms with E-state index in [0.29, 0.717) is 23.0 Å². The van der Waals surface area contributed by atoms with Crippen LogP contribution < -0.4 is 9.47 Å². The Bertz CT molecular complexity index is 860. The van der Waals surface area contributed by atoms with Crippen molar-refractivity contribution in [3.05, 3.63) is 36.5 Å². The first kappa shape index (κ1) is 14.5. The van der Waals surface area contributed by atoms with Crippen LogP contribution in [0.25, 0.3) is 22.6 Å². The maximum absolute atomic E-state index is 12.2. The normalized spacial score (nSPS) is 12.3. The Morgan fingerprint density at radius 2 is 1.91 bits per heavy atom. The Morgan fingerprint density at radius 3 is 2.59 bits per heavy atom. The van der Waals surface area contributed by atoms with Gasteiger partial charge in [-0.15, -0.1) is 0 Å². The maximum atomic E-state index is 12.2. The second-order valence-electron chi connectivity index (χ2n) is 4.54. The SMILES string of the molecule is COc1ccnc(-c2nc3ccccc3n2S(C)=O)c1OC. The summed E-state index contributed by atoms with van der Waals surface area (Å²) in [6.45, 7) is 0. The number of nitrogens with zero attached hydrogens (tertiary/aromatic N) is 3. The van der Waals surface area contributed by atoms with E-state index in [1.54, 1.807) is 36.7 Å². The molecule has 2 heterocycles. The van der Waals surface area contributed by atoms with Crippen molar-refractivity contribution in [1.82, 2.24) is 13.9 Å². The monoisotopic (exact) mass is 317 g/mol. The van der Waals surface area contributed by atoms with E-state index in [4.69, 9.17) is 9.47 Å². The smallest absolute Gasteiger partial charge is 0.190 e. The lowest BCUT2D eigenvalue weighted by atomic mass is 10.3. The Morgan fingerprint density at radius 1 is 1.14 bits per heavy atom. The summed E-state index contributed by atoms with van der Waals surface area (Å²) in [6, 6.07) is 9.22. The number of hydrogen-bond acceptors (Lipinski definition) is 5.